The molecule has 31 heavy (non-hydrogen) atoms. The van der Waals surface area contributed by atoms with Crippen LogP contribution in [0.2, 0.25) is 5.02 Å². The van der Waals surface area contributed by atoms with Crippen LogP contribution in [0, 0.1) is 0 Å². The van der Waals surface area contributed by atoms with E-state index >= 15 is 0 Å². The molecule has 1 aromatic carbocycles. The first-order chi connectivity index (χ1) is 14.6. The minimum absolute atomic E-state index is 0. The molecule has 0 radical (unpaired) electrons. The number of halogens is 2. The van der Waals surface area contributed by atoms with Crippen LogP contribution in [0.4, 0.5) is 4.79 Å². The molecule has 1 amide bonds. The fraction of sp³-hybridized carbons (Fsp3) is 0.619. The Hall–Kier alpha value is -1.30. The van der Waals surface area contributed by atoms with Crippen molar-refractivity contribution in [3.05, 3.63) is 34.9 Å². The Labute approximate surface area is 206 Å². The molecule has 2 saturated heterocycles. The number of nitrogens with one attached hydrogen (secondary N) is 1. The van der Waals surface area contributed by atoms with E-state index in [4.69, 9.17) is 21.1 Å². The van der Waals surface area contributed by atoms with Gasteiger partial charge in [0.1, 0.15) is 0 Å². The third-order valence-corrected chi connectivity index (χ3v) is 5.87. The molecule has 8 nitrogen and oxygen atoms in total. The molecular weight excluding hydrogens is 533 g/mol. The van der Waals surface area contributed by atoms with Crippen LogP contribution >= 0.6 is 35.6 Å². The van der Waals surface area contributed by atoms with Gasteiger partial charge in [-0.05, 0) is 18.6 Å². The van der Waals surface area contributed by atoms with Gasteiger partial charge in [-0.1, -0.05) is 29.8 Å². The van der Waals surface area contributed by atoms with E-state index in [1.54, 1.807) is 11.9 Å². The molecule has 0 spiro atoms. The van der Waals surface area contributed by atoms with Gasteiger partial charge in [-0.3, -0.25) is 9.89 Å². The number of hydrogen-bond donors (Lipinski definition) is 1. The van der Waals surface area contributed by atoms with Gasteiger partial charge >= 0.3 is 6.09 Å². The Morgan fingerprint density at radius 3 is 2.42 bits per heavy atom. The Bertz CT molecular complexity index is 725. The van der Waals surface area contributed by atoms with Crippen molar-refractivity contribution in [3.8, 4) is 0 Å². The van der Waals surface area contributed by atoms with Crippen molar-refractivity contribution in [2.24, 2.45) is 4.99 Å². The van der Waals surface area contributed by atoms with Crippen LogP contribution in [0.5, 0.6) is 0 Å². The number of morpholine rings is 1. The van der Waals surface area contributed by atoms with Crippen LogP contribution in [0.25, 0.3) is 0 Å². The van der Waals surface area contributed by atoms with E-state index in [0.29, 0.717) is 39.3 Å². The number of amides is 1. The molecule has 10 heteroatoms. The summed E-state index contributed by atoms with van der Waals surface area (Å²) in [6.07, 6.45) is -0.244. The summed E-state index contributed by atoms with van der Waals surface area (Å²) < 4.78 is 10.6. The number of nitrogens with zero attached hydrogens (tertiary/aromatic N) is 4. The van der Waals surface area contributed by atoms with E-state index in [1.807, 2.05) is 25.1 Å². The number of piperazine rings is 1. The lowest BCUT2D eigenvalue weighted by Gasteiger charge is -2.38. The highest BCUT2D eigenvalue weighted by Gasteiger charge is 2.27. The number of guanidine groups is 1. The second kappa shape index (κ2) is 13.3. The summed E-state index contributed by atoms with van der Waals surface area (Å²) in [7, 11) is 1.79. The van der Waals surface area contributed by atoms with Crippen molar-refractivity contribution in [2.45, 2.75) is 13.0 Å². The van der Waals surface area contributed by atoms with Gasteiger partial charge < -0.3 is 24.6 Å². The average molecular weight is 566 g/mol. The van der Waals surface area contributed by atoms with Gasteiger partial charge in [0.15, 0.2) is 5.96 Å². The largest absolute Gasteiger partial charge is 0.450 e. The third-order valence-electron chi connectivity index (χ3n) is 5.52. The van der Waals surface area contributed by atoms with E-state index in [-0.39, 0.29) is 36.1 Å². The molecule has 1 N–H and O–H groups in total. The first-order valence-corrected chi connectivity index (χ1v) is 10.9. The average Bonchev–Trinajstić information content (AvgIpc) is 2.79. The van der Waals surface area contributed by atoms with Gasteiger partial charge in [-0.25, -0.2) is 4.79 Å². The Kier molecular flexibility index (Phi) is 11.1. The number of ether oxygens (including phenoxy) is 2. The lowest BCUT2D eigenvalue weighted by atomic mass is 10.0. The molecule has 1 unspecified atom stereocenters. The van der Waals surface area contributed by atoms with Crippen LogP contribution in [0.3, 0.4) is 0 Å². The molecule has 2 aliphatic heterocycles. The van der Waals surface area contributed by atoms with Crippen LogP contribution in [0.1, 0.15) is 18.5 Å². The van der Waals surface area contributed by atoms with Gasteiger partial charge in [-0.15, -0.1) is 24.0 Å². The van der Waals surface area contributed by atoms with E-state index in [9.17, 15) is 4.79 Å². The highest BCUT2D eigenvalue weighted by atomic mass is 127. The highest BCUT2D eigenvalue weighted by molar-refractivity contribution is 14.0. The van der Waals surface area contributed by atoms with Crippen LogP contribution < -0.4 is 5.32 Å². The van der Waals surface area contributed by atoms with E-state index < -0.39 is 0 Å². The van der Waals surface area contributed by atoms with Crippen molar-refractivity contribution < 1.29 is 14.3 Å². The summed E-state index contributed by atoms with van der Waals surface area (Å²) in [5, 5.41) is 4.30. The Morgan fingerprint density at radius 1 is 1.16 bits per heavy atom. The van der Waals surface area contributed by atoms with Gasteiger partial charge in [0.25, 0.3) is 0 Å². The molecule has 1 atom stereocenters. The number of carbonyl (C=O) groups is 1. The van der Waals surface area contributed by atoms with Gasteiger partial charge in [-0.2, -0.15) is 0 Å². The monoisotopic (exact) mass is 565 g/mol. The molecule has 2 fully saturated rings. The van der Waals surface area contributed by atoms with E-state index in [1.165, 1.54) is 0 Å². The van der Waals surface area contributed by atoms with Crippen molar-refractivity contribution in [1.29, 1.82) is 0 Å². The smallest absolute Gasteiger partial charge is 0.409 e. The predicted octanol–water partition coefficient (Wildman–Crippen LogP) is 2.68. The molecule has 3 rings (SSSR count). The summed E-state index contributed by atoms with van der Waals surface area (Å²) in [5.41, 5.74) is 1.11. The fourth-order valence-electron chi connectivity index (χ4n) is 3.91. The zero-order valence-electron chi connectivity index (χ0n) is 18.3. The SMILES string of the molecule is CCOC(=O)N1CCN(C(=NC)NCC(c2ccccc2Cl)N2CCOCC2)CC1.I. The topological polar surface area (TPSA) is 69.6 Å². The highest BCUT2D eigenvalue weighted by Crippen LogP contribution is 2.27. The third kappa shape index (κ3) is 7.10. The summed E-state index contributed by atoms with van der Waals surface area (Å²) in [6.45, 7) is 8.78. The molecular formula is C21H33ClIN5O3. The maximum absolute atomic E-state index is 11.9. The summed E-state index contributed by atoms with van der Waals surface area (Å²) in [5.74, 6) is 0.837. The van der Waals surface area contributed by atoms with Gasteiger partial charge in [0.05, 0.1) is 25.9 Å². The molecule has 174 valence electrons. The molecule has 1 aromatic rings. The van der Waals surface area contributed by atoms with Crippen molar-refractivity contribution in [1.82, 2.24) is 20.0 Å². The Balaban J connectivity index is 0.00000341. The van der Waals surface area contributed by atoms with E-state index in [0.717, 1.165) is 42.8 Å². The second-order valence-corrected chi connectivity index (χ2v) is 7.69. The fourth-order valence-corrected chi connectivity index (χ4v) is 4.17. The maximum Gasteiger partial charge on any atom is 0.409 e. The minimum Gasteiger partial charge on any atom is -0.450 e. The summed E-state index contributed by atoms with van der Waals surface area (Å²) in [6, 6.07) is 8.13. The van der Waals surface area contributed by atoms with Crippen molar-refractivity contribution in [3.63, 3.8) is 0 Å². The van der Waals surface area contributed by atoms with Crippen LogP contribution in [-0.4, -0.2) is 99.4 Å². The first kappa shape index (κ1) is 26.0. The van der Waals surface area contributed by atoms with Crippen molar-refractivity contribution in [2.75, 3.05) is 72.7 Å². The van der Waals surface area contributed by atoms with Crippen LogP contribution in [-0.2, 0) is 9.47 Å². The predicted molar refractivity (Wildman–Crippen MR) is 134 cm³/mol. The maximum atomic E-state index is 11.9. The molecule has 0 aromatic heterocycles. The zero-order valence-corrected chi connectivity index (χ0v) is 21.3. The zero-order chi connectivity index (χ0) is 21.3. The number of rotatable bonds is 5. The number of hydrogen-bond acceptors (Lipinski definition) is 5. The van der Waals surface area contributed by atoms with Gasteiger partial charge in [0, 0.05) is 57.9 Å². The molecule has 0 saturated carbocycles. The van der Waals surface area contributed by atoms with Crippen LogP contribution in [0.15, 0.2) is 29.3 Å². The lowest BCUT2D eigenvalue weighted by molar-refractivity contribution is 0.0168. The summed E-state index contributed by atoms with van der Waals surface area (Å²) in [4.78, 5) is 22.7. The minimum atomic E-state index is -0.244. The standard InChI is InChI=1S/C21H32ClN5O3.HI/c1-3-30-21(28)27-10-8-26(9-11-27)20(23-2)24-16-19(25-12-14-29-15-13-25)17-6-4-5-7-18(17)22;/h4-7,19H,3,8-16H2,1-2H3,(H,23,24);1H. The molecule has 0 bridgehead atoms. The van der Waals surface area contributed by atoms with Gasteiger partial charge in [0.2, 0.25) is 0 Å². The number of carbonyl (C=O) groups excluding carboxylic acids is 1. The lowest BCUT2D eigenvalue weighted by Crippen LogP contribution is -2.55. The molecule has 2 aliphatic rings. The molecule has 0 aliphatic carbocycles. The van der Waals surface area contributed by atoms with E-state index in [2.05, 4.69) is 26.2 Å². The normalized spacial score (nSPS) is 18.9. The molecule has 2 heterocycles. The number of aliphatic imine (C=N–C) groups is 1. The Morgan fingerprint density at radius 2 is 1.81 bits per heavy atom. The summed E-state index contributed by atoms with van der Waals surface area (Å²) >= 11 is 6.53. The quantitative estimate of drug-likeness (QED) is 0.336. The first-order valence-electron chi connectivity index (χ1n) is 10.6. The number of benzene rings is 1. The van der Waals surface area contributed by atoms with Crippen molar-refractivity contribution >= 4 is 47.6 Å². The second-order valence-electron chi connectivity index (χ2n) is 7.29.